The van der Waals surface area contributed by atoms with Gasteiger partial charge in [0.15, 0.2) is 10.3 Å². The fourth-order valence-electron chi connectivity index (χ4n) is 2.72. The summed E-state index contributed by atoms with van der Waals surface area (Å²) < 4.78 is 8.69. The zero-order valence-corrected chi connectivity index (χ0v) is 15.8. The lowest BCUT2D eigenvalue weighted by Crippen LogP contribution is -1.87. The third kappa shape index (κ3) is 2.53. The predicted octanol–water partition coefficient (Wildman–Crippen LogP) is 5.58. The first-order valence-corrected chi connectivity index (χ1v) is 10.0. The summed E-state index contributed by atoms with van der Waals surface area (Å²) in [5.41, 5.74) is 2.93. The Morgan fingerprint density at radius 1 is 0.880 bits per heavy atom. The summed E-state index contributed by atoms with van der Waals surface area (Å²) in [4.78, 5) is 14.0. The van der Waals surface area contributed by atoms with Crippen molar-refractivity contribution in [3.05, 3.63) is 35.3 Å². The summed E-state index contributed by atoms with van der Waals surface area (Å²) in [5.74, 6) is 0.811. The minimum atomic E-state index is 0.811. The highest BCUT2D eigenvalue weighted by Crippen LogP contribution is 2.37. The summed E-state index contributed by atoms with van der Waals surface area (Å²) >= 11 is 4.93. The van der Waals surface area contributed by atoms with Gasteiger partial charge < -0.3 is 10.1 Å². The van der Waals surface area contributed by atoms with Crippen LogP contribution < -0.4 is 10.1 Å². The molecule has 5 nitrogen and oxygen atoms in total. The zero-order chi connectivity index (χ0) is 17.0. The highest BCUT2D eigenvalue weighted by molar-refractivity contribution is 7.25. The van der Waals surface area contributed by atoms with Gasteiger partial charge in [0.2, 0.25) is 0 Å². The van der Waals surface area contributed by atoms with Crippen molar-refractivity contribution in [3.63, 3.8) is 0 Å². The number of aromatic nitrogens is 3. The van der Waals surface area contributed by atoms with Crippen LogP contribution in [-0.2, 0) is 0 Å². The van der Waals surface area contributed by atoms with Crippen LogP contribution in [0.2, 0.25) is 0 Å². The maximum Gasteiger partial charge on any atom is 0.190 e. The van der Waals surface area contributed by atoms with E-state index < -0.39 is 0 Å². The van der Waals surface area contributed by atoms with Gasteiger partial charge in [-0.15, -0.1) is 11.3 Å². The van der Waals surface area contributed by atoms with E-state index in [-0.39, 0.29) is 0 Å². The van der Waals surface area contributed by atoms with Crippen LogP contribution in [0, 0.1) is 6.92 Å². The molecule has 0 saturated carbocycles. The van der Waals surface area contributed by atoms with E-state index in [1.807, 2.05) is 25.1 Å². The summed E-state index contributed by atoms with van der Waals surface area (Å²) in [6.45, 7) is 2.03. The number of thiazole rings is 3. The Balaban J connectivity index is 1.56. The number of benzene rings is 2. The number of nitrogens with one attached hydrogen (secondary N) is 1. The molecule has 25 heavy (non-hydrogen) atoms. The summed E-state index contributed by atoms with van der Waals surface area (Å²) in [7, 11) is 1.66. The third-order valence-electron chi connectivity index (χ3n) is 3.83. The Hall–Kier alpha value is -2.29. The lowest BCUT2D eigenvalue weighted by molar-refractivity contribution is 0.415. The van der Waals surface area contributed by atoms with Crippen molar-refractivity contribution in [1.82, 2.24) is 15.0 Å². The molecule has 0 unspecified atom stereocenters. The van der Waals surface area contributed by atoms with Crippen LogP contribution in [-0.4, -0.2) is 22.1 Å². The summed E-state index contributed by atoms with van der Waals surface area (Å²) in [5, 5.41) is 6.08. The molecule has 0 fully saturated rings. The van der Waals surface area contributed by atoms with Crippen LogP contribution in [0.25, 0.3) is 30.6 Å². The number of anilines is 2. The van der Waals surface area contributed by atoms with E-state index in [2.05, 4.69) is 32.4 Å². The molecule has 8 heteroatoms. The molecule has 1 N–H and O–H groups in total. The molecule has 0 aliphatic carbocycles. The van der Waals surface area contributed by atoms with Crippen molar-refractivity contribution in [2.45, 2.75) is 6.92 Å². The molecule has 5 rings (SSSR count). The number of nitrogens with zero attached hydrogens (tertiary/aromatic N) is 3. The number of hydrogen-bond donors (Lipinski definition) is 1. The van der Waals surface area contributed by atoms with E-state index >= 15 is 0 Å². The summed E-state index contributed by atoms with van der Waals surface area (Å²) in [6.07, 6.45) is 0. The smallest absolute Gasteiger partial charge is 0.190 e. The Kier molecular flexibility index (Phi) is 3.37. The monoisotopic (exact) mass is 384 g/mol. The Labute approximate surface area is 155 Å². The summed E-state index contributed by atoms with van der Waals surface area (Å²) in [6, 6.07) is 10.1. The fourth-order valence-corrected chi connectivity index (χ4v) is 5.49. The second-order valence-corrected chi connectivity index (χ2v) is 8.75. The van der Waals surface area contributed by atoms with Crippen LogP contribution in [0.5, 0.6) is 5.75 Å². The number of rotatable bonds is 3. The Morgan fingerprint density at radius 2 is 1.68 bits per heavy atom. The van der Waals surface area contributed by atoms with Gasteiger partial charge in [0.05, 0.1) is 37.3 Å². The van der Waals surface area contributed by atoms with E-state index in [4.69, 9.17) is 4.74 Å². The molecule has 0 bridgehead atoms. The standard InChI is InChI=1S/C17H12N4OS3/c1-8-18-14-13(23-8)6-4-10-15(14)25-17(19-10)21-16-20-11-7-9(22-2)3-5-12(11)24-16/h3-7H,1-2H3,(H,19,20,21). The lowest BCUT2D eigenvalue weighted by atomic mass is 10.3. The Morgan fingerprint density at radius 3 is 2.56 bits per heavy atom. The molecule has 0 aliphatic rings. The topological polar surface area (TPSA) is 59.9 Å². The Bertz CT molecular complexity index is 1240. The van der Waals surface area contributed by atoms with E-state index in [1.165, 1.54) is 4.70 Å². The normalized spacial score (nSPS) is 11.6. The SMILES string of the molecule is COc1ccc2sc(Nc3nc4ccc5sc(C)nc5c4s3)nc2c1. The van der Waals surface area contributed by atoms with Crippen molar-refractivity contribution in [3.8, 4) is 5.75 Å². The van der Waals surface area contributed by atoms with E-state index in [0.717, 1.165) is 47.0 Å². The van der Waals surface area contributed by atoms with Crippen LogP contribution in [0.4, 0.5) is 10.3 Å². The molecule has 3 heterocycles. The van der Waals surface area contributed by atoms with Crippen molar-refractivity contribution in [1.29, 1.82) is 0 Å². The molecule has 2 aromatic carbocycles. The van der Waals surface area contributed by atoms with E-state index in [0.29, 0.717) is 0 Å². The zero-order valence-electron chi connectivity index (χ0n) is 13.4. The quantitative estimate of drug-likeness (QED) is 0.440. The first-order valence-electron chi connectivity index (χ1n) is 7.58. The number of aryl methyl sites for hydroxylation is 1. The largest absolute Gasteiger partial charge is 0.497 e. The molecule has 0 amide bonds. The molecule has 5 aromatic rings. The minimum Gasteiger partial charge on any atom is -0.497 e. The van der Waals surface area contributed by atoms with Crippen molar-refractivity contribution in [2.24, 2.45) is 0 Å². The fraction of sp³-hybridized carbons (Fsp3) is 0.118. The molecular formula is C17H12N4OS3. The van der Waals surface area contributed by atoms with Gasteiger partial charge in [-0.3, -0.25) is 0 Å². The average Bonchev–Trinajstić information content (AvgIpc) is 3.28. The predicted molar refractivity (Wildman–Crippen MR) is 107 cm³/mol. The lowest BCUT2D eigenvalue weighted by Gasteiger charge is -1.96. The molecule has 0 atom stereocenters. The minimum absolute atomic E-state index is 0.811. The second-order valence-electron chi connectivity index (χ2n) is 5.49. The highest BCUT2D eigenvalue weighted by atomic mass is 32.1. The molecular weight excluding hydrogens is 372 g/mol. The van der Waals surface area contributed by atoms with E-state index in [1.54, 1.807) is 41.1 Å². The first kappa shape index (κ1) is 15.0. The van der Waals surface area contributed by atoms with Crippen molar-refractivity contribution < 1.29 is 4.74 Å². The highest BCUT2D eigenvalue weighted by Gasteiger charge is 2.12. The average molecular weight is 385 g/mol. The van der Waals surface area contributed by atoms with Crippen LogP contribution in [0.15, 0.2) is 30.3 Å². The van der Waals surface area contributed by atoms with E-state index in [9.17, 15) is 0 Å². The molecule has 0 aliphatic heterocycles. The molecule has 0 spiro atoms. The van der Waals surface area contributed by atoms with Crippen LogP contribution in [0.3, 0.4) is 0 Å². The van der Waals surface area contributed by atoms with Gasteiger partial charge in [0, 0.05) is 6.07 Å². The maximum atomic E-state index is 5.26. The van der Waals surface area contributed by atoms with Gasteiger partial charge in [-0.1, -0.05) is 22.7 Å². The molecule has 0 saturated heterocycles. The van der Waals surface area contributed by atoms with Crippen molar-refractivity contribution >= 4 is 74.9 Å². The number of hydrogen-bond acceptors (Lipinski definition) is 8. The van der Waals surface area contributed by atoms with Crippen molar-refractivity contribution in [2.75, 3.05) is 12.4 Å². The number of methoxy groups -OCH3 is 1. The van der Waals surface area contributed by atoms with Crippen LogP contribution in [0.1, 0.15) is 5.01 Å². The van der Waals surface area contributed by atoms with Gasteiger partial charge in [-0.2, -0.15) is 0 Å². The van der Waals surface area contributed by atoms with Gasteiger partial charge >= 0.3 is 0 Å². The molecule has 124 valence electrons. The molecule has 3 aromatic heterocycles. The second kappa shape index (κ2) is 5.62. The number of fused-ring (bicyclic) bond motifs is 4. The third-order valence-corrected chi connectivity index (χ3v) is 6.71. The number of ether oxygens (including phenoxy) is 1. The van der Waals surface area contributed by atoms with Gasteiger partial charge in [-0.25, -0.2) is 15.0 Å². The van der Waals surface area contributed by atoms with Gasteiger partial charge in [-0.05, 0) is 31.2 Å². The molecule has 0 radical (unpaired) electrons. The van der Waals surface area contributed by atoms with Crippen LogP contribution >= 0.6 is 34.0 Å². The van der Waals surface area contributed by atoms with Gasteiger partial charge in [0.1, 0.15) is 11.3 Å². The first-order chi connectivity index (χ1) is 12.2. The van der Waals surface area contributed by atoms with Gasteiger partial charge in [0.25, 0.3) is 0 Å². The maximum absolute atomic E-state index is 5.26.